The number of amides is 4. The van der Waals surface area contributed by atoms with Gasteiger partial charge in [0.05, 0.1) is 11.2 Å². The van der Waals surface area contributed by atoms with Gasteiger partial charge >= 0.3 is 12.1 Å². The molecule has 10 heteroatoms. The van der Waals surface area contributed by atoms with Crippen LogP contribution in [-0.2, 0) is 23.8 Å². The highest BCUT2D eigenvalue weighted by Crippen LogP contribution is 2.32. The zero-order valence-corrected chi connectivity index (χ0v) is 19.7. The molecule has 2 aromatic rings. The number of carboxylic acid groups (broad SMARTS) is 1. The second-order valence-corrected chi connectivity index (χ2v) is 9.79. The molecule has 1 aromatic carbocycles. The lowest BCUT2D eigenvalue weighted by molar-refractivity contribution is -0.121. The fourth-order valence-corrected chi connectivity index (χ4v) is 4.93. The molecule has 4 rings (SSSR count). The summed E-state index contributed by atoms with van der Waals surface area (Å²) in [6.45, 7) is 9.57. The average molecular weight is 457 g/mol. The minimum Gasteiger partial charge on any atom is -0.465 e. The number of nitrogens with zero attached hydrogens (tertiary/aromatic N) is 5. The topological polar surface area (TPSA) is 111 Å². The predicted molar refractivity (Wildman–Crippen MR) is 123 cm³/mol. The van der Waals surface area contributed by atoms with E-state index in [0.717, 1.165) is 28.7 Å². The number of piperazine rings is 1. The number of aryl methyl sites for hydroxylation is 1. The molecule has 0 spiro atoms. The SMILES string of the molecule is C[C@H]1CN(Cc2ccc3c(c2)c(C(C)(C)CN2CCC(=O)NC2=O)nn3C)CCN1C(=O)O. The van der Waals surface area contributed by atoms with Crippen molar-refractivity contribution in [3.05, 3.63) is 29.5 Å². The number of hydrogen-bond donors (Lipinski definition) is 2. The third kappa shape index (κ3) is 4.66. The van der Waals surface area contributed by atoms with Crippen LogP contribution in [0.4, 0.5) is 9.59 Å². The third-order valence-electron chi connectivity index (χ3n) is 6.65. The summed E-state index contributed by atoms with van der Waals surface area (Å²) < 4.78 is 1.86. The Labute approximate surface area is 193 Å². The van der Waals surface area contributed by atoms with Crippen LogP contribution in [0.5, 0.6) is 0 Å². The summed E-state index contributed by atoms with van der Waals surface area (Å²) >= 11 is 0. The van der Waals surface area contributed by atoms with Gasteiger partial charge in [-0.05, 0) is 24.6 Å². The molecule has 0 bridgehead atoms. The number of hydrogen-bond acceptors (Lipinski definition) is 5. The van der Waals surface area contributed by atoms with Crippen LogP contribution in [0.3, 0.4) is 0 Å². The Morgan fingerprint density at radius 3 is 2.67 bits per heavy atom. The lowest BCUT2D eigenvalue weighted by Crippen LogP contribution is -2.53. The fourth-order valence-electron chi connectivity index (χ4n) is 4.93. The van der Waals surface area contributed by atoms with Crippen molar-refractivity contribution in [2.45, 2.75) is 45.2 Å². The first-order valence-corrected chi connectivity index (χ1v) is 11.3. The van der Waals surface area contributed by atoms with E-state index < -0.39 is 11.5 Å². The highest BCUT2D eigenvalue weighted by molar-refractivity contribution is 5.96. The average Bonchev–Trinajstić information content (AvgIpc) is 3.07. The maximum absolute atomic E-state index is 12.3. The third-order valence-corrected chi connectivity index (χ3v) is 6.65. The number of nitrogens with one attached hydrogen (secondary N) is 1. The minimum absolute atomic E-state index is 0.0459. The number of carbonyl (C=O) groups excluding carboxylic acids is 2. The smallest absolute Gasteiger partial charge is 0.407 e. The normalized spacial score (nSPS) is 20.4. The maximum Gasteiger partial charge on any atom is 0.407 e. The van der Waals surface area contributed by atoms with Gasteiger partial charge in [0.1, 0.15) is 0 Å². The van der Waals surface area contributed by atoms with E-state index in [-0.39, 0.29) is 18.0 Å². The molecule has 1 aromatic heterocycles. The molecule has 0 aliphatic carbocycles. The molecule has 10 nitrogen and oxygen atoms in total. The predicted octanol–water partition coefficient (Wildman–Crippen LogP) is 1.98. The summed E-state index contributed by atoms with van der Waals surface area (Å²) in [5, 5.41) is 17.6. The lowest BCUT2D eigenvalue weighted by Gasteiger charge is -2.38. The highest BCUT2D eigenvalue weighted by atomic mass is 16.4. The van der Waals surface area contributed by atoms with Crippen molar-refractivity contribution in [2.75, 3.05) is 32.7 Å². The van der Waals surface area contributed by atoms with Crippen molar-refractivity contribution in [3.63, 3.8) is 0 Å². The molecule has 2 aliphatic rings. The van der Waals surface area contributed by atoms with E-state index in [4.69, 9.17) is 5.10 Å². The van der Waals surface area contributed by atoms with Gasteiger partial charge in [0.15, 0.2) is 0 Å². The molecule has 2 saturated heterocycles. The number of rotatable bonds is 5. The first-order chi connectivity index (χ1) is 15.5. The second-order valence-electron chi connectivity index (χ2n) is 9.79. The van der Waals surface area contributed by atoms with Crippen LogP contribution < -0.4 is 5.32 Å². The van der Waals surface area contributed by atoms with Crippen molar-refractivity contribution in [1.29, 1.82) is 0 Å². The number of aromatic nitrogens is 2. The largest absolute Gasteiger partial charge is 0.465 e. The van der Waals surface area contributed by atoms with Gasteiger partial charge < -0.3 is 14.9 Å². The van der Waals surface area contributed by atoms with E-state index in [0.29, 0.717) is 39.1 Å². The molecular weight excluding hydrogens is 424 g/mol. The summed E-state index contributed by atoms with van der Waals surface area (Å²) in [7, 11) is 1.92. The fraction of sp³-hybridized carbons (Fsp3) is 0.565. The number of carbonyl (C=O) groups is 3. The molecule has 2 fully saturated rings. The van der Waals surface area contributed by atoms with Crippen LogP contribution in [0.1, 0.15) is 38.4 Å². The van der Waals surface area contributed by atoms with Crippen molar-refractivity contribution < 1.29 is 19.5 Å². The number of imide groups is 1. The zero-order chi connectivity index (χ0) is 23.9. The Morgan fingerprint density at radius 2 is 2.00 bits per heavy atom. The summed E-state index contributed by atoms with van der Waals surface area (Å²) in [4.78, 5) is 40.6. The van der Waals surface area contributed by atoms with Gasteiger partial charge in [-0.25, -0.2) is 9.59 Å². The van der Waals surface area contributed by atoms with E-state index in [9.17, 15) is 19.5 Å². The molecule has 1 atom stereocenters. The second kappa shape index (κ2) is 8.66. The summed E-state index contributed by atoms with van der Waals surface area (Å²) in [6, 6.07) is 5.93. The van der Waals surface area contributed by atoms with E-state index in [1.54, 1.807) is 4.90 Å². The minimum atomic E-state index is -0.863. The highest BCUT2D eigenvalue weighted by Gasteiger charge is 2.33. The van der Waals surface area contributed by atoms with Crippen LogP contribution in [0, 0.1) is 0 Å². The van der Waals surface area contributed by atoms with Crippen LogP contribution >= 0.6 is 0 Å². The van der Waals surface area contributed by atoms with Crippen LogP contribution in [0.25, 0.3) is 10.9 Å². The van der Waals surface area contributed by atoms with Gasteiger partial charge in [-0.3, -0.25) is 19.7 Å². The van der Waals surface area contributed by atoms with Crippen molar-refractivity contribution in [1.82, 2.24) is 29.8 Å². The quantitative estimate of drug-likeness (QED) is 0.712. The molecule has 0 radical (unpaired) electrons. The Kier molecular flexibility index (Phi) is 6.04. The molecule has 33 heavy (non-hydrogen) atoms. The van der Waals surface area contributed by atoms with Gasteiger partial charge in [-0.1, -0.05) is 19.9 Å². The molecule has 178 valence electrons. The first-order valence-electron chi connectivity index (χ1n) is 11.3. The van der Waals surface area contributed by atoms with Gasteiger partial charge in [-0.15, -0.1) is 0 Å². The van der Waals surface area contributed by atoms with Crippen molar-refractivity contribution in [3.8, 4) is 0 Å². The molecule has 2 aliphatic heterocycles. The number of urea groups is 1. The van der Waals surface area contributed by atoms with Gasteiger partial charge in [-0.2, -0.15) is 5.10 Å². The maximum atomic E-state index is 12.3. The molecule has 3 heterocycles. The Balaban J connectivity index is 1.55. The monoisotopic (exact) mass is 456 g/mol. The Morgan fingerprint density at radius 1 is 1.24 bits per heavy atom. The first kappa shape index (κ1) is 23.0. The summed E-state index contributed by atoms with van der Waals surface area (Å²) in [5.74, 6) is -0.236. The van der Waals surface area contributed by atoms with Gasteiger partial charge in [0.25, 0.3) is 0 Å². The molecule has 2 N–H and O–H groups in total. The standard InChI is InChI=1S/C23H32N6O4/c1-15-12-27(9-10-29(15)22(32)33)13-16-5-6-18-17(11-16)20(25-26(18)4)23(2,3)14-28-8-7-19(30)24-21(28)31/h5-6,11,15H,7-10,12-14H2,1-4H3,(H,32,33)(H,24,30,31)/t15-/m0/s1. The van der Waals surface area contributed by atoms with E-state index in [1.165, 1.54) is 4.90 Å². The number of fused-ring (bicyclic) bond motifs is 1. The Bertz CT molecular complexity index is 1090. The summed E-state index contributed by atoms with van der Waals surface area (Å²) in [5.41, 5.74) is 2.65. The zero-order valence-electron chi connectivity index (χ0n) is 19.7. The molecule has 0 saturated carbocycles. The number of benzene rings is 1. The van der Waals surface area contributed by atoms with Gasteiger partial charge in [0, 0.05) is 69.6 Å². The van der Waals surface area contributed by atoms with Crippen LogP contribution in [-0.4, -0.2) is 86.4 Å². The van der Waals surface area contributed by atoms with E-state index in [1.807, 2.05) is 18.7 Å². The Hall–Kier alpha value is -3.14. The lowest BCUT2D eigenvalue weighted by atomic mass is 9.86. The van der Waals surface area contributed by atoms with Gasteiger partial charge in [0.2, 0.25) is 5.91 Å². The van der Waals surface area contributed by atoms with Crippen LogP contribution in [0.2, 0.25) is 0 Å². The van der Waals surface area contributed by atoms with Crippen molar-refractivity contribution in [2.24, 2.45) is 7.05 Å². The van der Waals surface area contributed by atoms with E-state index >= 15 is 0 Å². The summed E-state index contributed by atoms with van der Waals surface area (Å²) in [6.07, 6.45) is -0.555. The van der Waals surface area contributed by atoms with E-state index in [2.05, 4.69) is 42.3 Å². The molecule has 0 unspecified atom stereocenters. The van der Waals surface area contributed by atoms with Crippen LogP contribution in [0.15, 0.2) is 18.2 Å². The molecule has 4 amide bonds. The van der Waals surface area contributed by atoms with Crippen molar-refractivity contribution >= 4 is 28.9 Å². The molecular formula is C23H32N6O4.